The lowest BCUT2D eigenvalue weighted by Gasteiger charge is -2.33. The molecule has 210 valence electrons. The lowest BCUT2D eigenvalue weighted by molar-refractivity contribution is 0.0217. The maximum Gasteiger partial charge on any atom is 0.410 e. The summed E-state index contributed by atoms with van der Waals surface area (Å²) in [7, 11) is -1.45. The number of likely N-dealkylation sites (tertiary alicyclic amines) is 1. The van der Waals surface area contributed by atoms with Crippen molar-refractivity contribution >= 4 is 15.9 Å². The average Bonchev–Trinajstić information content (AvgIpc) is 2.85. The molecule has 38 heavy (non-hydrogen) atoms. The summed E-state index contributed by atoms with van der Waals surface area (Å²) >= 11 is 0. The Bertz CT molecular complexity index is 1300. The normalized spacial score (nSPS) is 14.8. The van der Waals surface area contributed by atoms with Gasteiger partial charge < -0.3 is 24.2 Å². The third kappa shape index (κ3) is 6.06. The maximum absolute atomic E-state index is 13.7. The van der Waals surface area contributed by atoms with E-state index in [1.54, 1.807) is 39.0 Å². The number of methoxy groups -OCH3 is 2. The van der Waals surface area contributed by atoms with Gasteiger partial charge in [-0.05, 0) is 52.2 Å². The summed E-state index contributed by atoms with van der Waals surface area (Å²) in [6, 6.07) is 4.97. The minimum atomic E-state index is -4.32. The van der Waals surface area contributed by atoms with Gasteiger partial charge in [0, 0.05) is 19.5 Å². The van der Waals surface area contributed by atoms with Crippen LogP contribution in [-0.4, -0.2) is 72.2 Å². The topological polar surface area (TPSA) is 137 Å². The quantitative estimate of drug-likeness (QED) is 0.523. The van der Waals surface area contributed by atoms with Crippen LogP contribution in [0.2, 0.25) is 0 Å². The van der Waals surface area contributed by atoms with Crippen molar-refractivity contribution in [3.63, 3.8) is 0 Å². The van der Waals surface area contributed by atoms with Crippen molar-refractivity contribution in [1.82, 2.24) is 14.5 Å². The van der Waals surface area contributed by atoms with Crippen LogP contribution >= 0.6 is 0 Å². The van der Waals surface area contributed by atoms with Gasteiger partial charge >= 0.3 is 6.09 Å². The largest absolute Gasteiger partial charge is 0.494 e. The second kappa shape index (κ2) is 11.6. The highest BCUT2D eigenvalue weighted by atomic mass is 32.2. The average molecular weight is 552 g/mol. The third-order valence-electron chi connectivity index (χ3n) is 6.29. The minimum absolute atomic E-state index is 0.0794. The van der Waals surface area contributed by atoms with E-state index in [4.69, 9.17) is 14.2 Å². The number of unbranched alkanes of at least 4 members (excludes halogenated alkanes) is 1. The molecule has 0 saturated carbocycles. The zero-order valence-corrected chi connectivity index (χ0v) is 23.6. The molecular weight excluding hydrogens is 514 g/mol. The van der Waals surface area contributed by atoms with Gasteiger partial charge in [0.25, 0.3) is 5.56 Å². The van der Waals surface area contributed by atoms with Crippen LogP contribution in [0.5, 0.6) is 17.4 Å². The van der Waals surface area contributed by atoms with Crippen molar-refractivity contribution in [3.05, 3.63) is 34.4 Å². The van der Waals surface area contributed by atoms with Crippen molar-refractivity contribution in [2.24, 2.45) is 0 Å². The summed E-state index contributed by atoms with van der Waals surface area (Å²) in [5.74, 6) is 0.0537. The minimum Gasteiger partial charge on any atom is -0.494 e. The molecule has 1 N–H and O–H groups in total. The van der Waals surface area contributed by atoms with E-state index in [1.807, 2.05) is 6.92 Å². The van der Waals surface area contributed by atoms with Crippen LogP contribution in [0.4, 0.5) is 4.79 Å². The molecule has 2 aromatic rings. The number of carbonyl (C=O) groups excluding carboxylic acids is 1. The molecule has 1 saturated heterocycles. The first-order chi connectivity index (χ1) is 17.8. The Kier molecular flexibility index (Phi) is 8.96. The van der Waals surface area contributed by atoms with E-state index in [-0.39, 0.29) is 37.4 Å². The summed E-state index contributed by atoms with van der Waals surface area (Å²) in [5.41, 5.74) is -1.46. The molecule has 1 amide bonds. The highest BCUT2D eigenvalue weighted by Crippen LogP contribution is 2.38. The van der Waals surface area contributed by atoms with Gasteiger partial charge in [-0.3, -0.25) is 9.36 Å². The maximum atomic E-state index is 13.7. The number of piperidine rings is 1. The summed E-state index contributed by atoms with van der Waals surface area (Å²) in [4.78, 5) is 30.3. The number of aromatic nitrogens is 2. The van der Waals surface area contributed by atoms with E-state index in [2.05, 4.69) is 4.98 Å². The van der Waals surface area contributed by atoms with Gasteiger partial charge in [0.1, 0.15) is 28.6 Å². The first-order valence-corrected chi connectivity index (χ1v) is 14.2. The molecule has 1 aliphatic heterocycles. The number of hydrogen-bond donors (Lipinski definition) is 1. The predicted octanol–water partition coefficient (Wildman–Crippen LogP) is 3.47. The fourth-order valence-electron chi connectivity index (χ4n) is 4.42. The van der Waals surface area contributed by atoms with Gasteiger partial charge in [-0.1, -0.05) is 19.4 Å². The fraction of sp³-hybridized carbons (Fsp3) is 0.577. The molecule has 1 aromatic carbocycles. The molecule has 1 aromatic heterocycles. The van der Waals surface area contributed by atoms with Crippen LogP contribution in [0, 0.1) is 0 Å². The molecule has 0 atom stereocenters. The van der Waals surface area contributed by atoms with E-state index in [0.29, 0.717) is 24.3 Å². The summed E-state index contributed by atoms with van der Waals surface area (Å²) < 4.78 is 45.1. The number of amides is 1. The number of nitrogens with zero attached hydrogens (tertiary/aromatic N) is 3. The standard InChI is InChI=1S/C26H37N3O8S/c1-7-8-12-20-27-23(30)22(24(31)29(20)21-18(35-5)10-9-11-19(21)36-6)38(33,34)17-13-15-28(16-14-17)25(32)37-26(2,3)4/h9-11,17,31H,7-8,12-16H2,1-6H3. The summed E-state index contributed by atoms with van der Waals surface area (Å²) in [6.07, 6.45) is 1.39. The van der Waals surface area contributed by atoms with E-state index in [0.717, 1.165) is 6.42 Å². The lowest BCUT2D eigenvalue weighted by Crippen LogP contribution is -2.45. The SMILES string of the molecule is CCCCc1nc(=O)c(S(=O)(=O)C2CCN(C(=O)OC(C)(C)C)CC2)c(O)n1-c1c(OC)cccc1OC. The Labute approximate surface area is 223 Å². The lowest BCUT2D eigenvalue weighted by atomic mass is 10.1. The molecule has 0 radical (unpaired) electrons. The monoisotopic (exact) mass is 551 g/mol. The van der Waals surface area contributed by atoms with Crippen LogP contribution in [0.15, 0.2) is 27.9 Å². The third-order valence-corrected chi connectivity index (χ3v) is 8.57. The van der Waals surface area contributed by atoms with Gasteiger partial charge in [-0.2, -0.15) is 4.98 Å². The molecule has 0 aliphatic carbocycles. The Hall–Kier alpha value is -3.28. The van der Waals surface area contributed by atoms with Crippen molar-refractivity contribution in [2.45, 2.75) is 75.5 Å². The van der Waals surface area contributed by atoms with Gasteiger partial charge in [0.2, 0.25) is 5.88 Å². The number of para-hydroxylation sites is 1. The Balaban J connectivity index is 2.08. The Morgan fingerprint density at radius 3 is 2.21 bits per heavy atom. The number of rotatable bonds is 8. The second-order valence-corrected chi connectivity index (χ2v) is 12.3. The molecule has 1 aliphatic rings. The van der Waals surface area contributed by atoms with Gasteiger partial charge in [0.05, 0.1) is 19.5 Å². The molecule has 2 heterocycles. The Morgan fingerprint density at radius 1 is 1.13 bits per heavy atom. The molecule has 3 rings (SSSR count). The number of hydrogen-bond acceptors (Lipinski definition) is 9. The molecular formula is C26H37N3O8S. The molecule has 12 heteroatoms. The zero-order chi connectivity index (χ0) is 28.3. The molecule has 0 spiro atoms. The Morgan fingerprint density at radius 2 is 1.71 bits per heavy atom. The van der Waals surface area contributed by atoms with Gasteiger partial charge in [0.15, 0.2) is 14.7 Å². The number of ether oxygens (including phenoxy) is 3. The number of aromatic hydroxyl groups is 1. The van der Waals surface area contributed by atoms with Crippen LogP contribution in [0.3, 0.4) is 0 Å². The number of carbonyl (C=O) groups is 1. The second-order valence-electron chi connectivity index (χ2n) is 10.1. The molecule has 0 unspecified atom stereocenters. The van der Waals surface area contributed by atoms with Crippen LogP contribution < -0.4 is 15.0 Å². The first-order valence-electron chi connectivity index (χ1n) is 12.6. The molecule has 1 fully saturated rings. The van der Waals surface area contributed by atoms with E-state index in [1.165, 1.54) is 23.7 Å². The first kappa shape index (κ1) is 29.3. The fourth-order valence-corrected chi connectivity index (χ4v) is 6.22. The van der Waals surface area contributed by atoms with E-state index >= 15 is 0 Å². The zero-order valence-electron chi connectivity index (χ0n) is 22.8. The molecule has 11 nitrogen and oxygen atoms in total. The predicted molar refractivity (Wildman–Crippen MR) is 141 cm³/mol. The van der Waals surface area contributed by atoms with Crippen LogP contribution in [0.25, 0.3) is 5.69 Å². The summed E-state index contributed by atoms with van der Waals surface area (Å²) in [6.45, 7) is 7.50. The van der Waals surface area contributed by atoms with Crippen LogP contribution in [0.1, 0.15) is 59.2 Å². The van der Waals surface area contributed by atoms with E-state index in [9.17, 15) is 23.1 Å². The van der Waals surface area contributed by atoms with Crippen molar-refractivity contribution < 1.29 is 32.5 Å². The van der Waals surface area contributed by atoms with Crippen LogP contribution in [-0.2, 0) is 21.0 Å². The highest BCUT2D eigenvalue weighted by molar-refractivity contribution is 7.92. The number of benzene rings is 1. The van der Waals surface area contributed by atoms with Crippen molar-refractivity contribution in [2.75, 3.05) is 27.3 Å². The van der Waals surface area contributed by atoms with E-state index < -0.39 is 43.1 Å². The van der Waals surface area contributed by atoms with Crippen molar-refractivity contribution in [1.29, 1.82) is 0 Å². The van der Waals surface area contributed by atoms with Gasteiger partial charge in [-0.25, -0.2) is 13.2 Å². The molecule has 0 bridgehead atoms. The highest BCUT2D eigenvalue weighted by Gasteiger charge is 2.39. The smallest absolute Gasteiger partial charge is 0.410 e. The van der Waals surface area contributed by atoms with Gasteiger partial charge in [-0.15, -0.1) is 0 Å². The number of aryl methyl sites for hydroxylation is 1. The number of sulfone groups is 1. The van der Waals surface area contributed by atoms with Crippen molar-refractivity contribution in [3.8, 4) is 23.1 Å². The summed E-state index contributed by atoms with van der Waals surface area (Å²) in [5, 5.41) is 10.4.